The fraction of sp³-hybridized carbons (Fsp3) is 0.529. The van der Waals surface area contributed by atoms with Crippen molar-refractivity contribution in [3.63, 3.8) is 0 Å². The topological polar surface area (TPSA) is 55.6 Å². The van der Waals surface area contributed by atoms with E-state index in [4.69, 9.17) is 16.3 Å². The minimum Gasteiger partial charge on any atom is -0.444 e. The van der Waals surface area contributed by atoms with Gasteiger partial charge in [0.1, 0.15) is 11.2 Å². The summed E-state index contributed by atoms with van der Waals surface area (Å²) in [5.74, 6) is 1.09. The Bertz CT molecular complexity index is 729. The number of pyridine rings is 1. The highest BCUT2D eigenvalue weighted by molar-refractivity contribution is 6.17. The smallest absolute Gasteiger partial charge is 0.407 e. The van der Waals surface area contributed by atoms with Crippen LogP contribution in [0.2, 0.25) is 0 Å². The van der Waals surface area contributed by atoms with Crippen molar-refractivity contribution in [3.05, 3.63) is 35.3 Å². The van der Waals surface area contributed by atoms with Gasteiger partial charge in [0.15, 0.2) is 0 Å². The molecule has 1 N–H and O–H groups in total. The molecule has 2 aromatic rings. The number of alkyl carbamates (subject to hydrolysis) is 1. The highest BCUT2D eigenvalue weighted by Crippen LogP contribution is 2.40. The highest BCUT2D eigenvalue weighted by Gasteiger charge is 2.25. The Balaban J connectivity index is 1.76. The summed E-state index contributed by atoms with van der Waals surface area (Å²) in [7, 11) is 0. The zero-order chi connectivity index (χ0) is 16.6. The van der Waals surface area contributed by atoms with Gasteiger partial charge in [-0.2, -0.15) is 0 Å². The van der Waals surface area contributed by atoms with Gasteiger partial charge >= 0.3 is 6.09 Å². The maximum absolute atomic E-state index is 11.7. The normalized spacial score (nSPS) is 15.0. The molecule has 0 aliphatic heterocycles. The monoisotopic (exact) mass is 335 g/mol. The SMILES string of the molecule is CC(C)(C)OC(=O)NCc1cn2cc(C3CC3)cc(CCl)c2n1. The van der Waals surface area contributed by atoms with Crippen LogP contribution in [0.3, 0.4) is 0 Å². The third-order valence-electron chi connectivity index (χ3n) is 3.70. The lowest BCUT2D eigenvalue weighted by molar-refractivity contribution is 0.0523. The van der Waals surface area contributed by atoms with Gasteiger partial charge in [-0.25, -0.2) is 9.78 Å². The molecule has 2 aromatic heterocycles. The molecule has 0 radical (unpaired) electrons. The Morgan fingerprint density at radius 3 is 2.78 bits per heavy atom. The van der Waals surface area contributed by atoms with Crippen LogP contribution in [0.25, 0.3) is 5.65 Å². The summed E-state index contributed by atoms with van der Waals surface area (Å²) in [6.45, 7) is 5.84. The molecule has 0 aromatic carbocycles. The fourth-order valence-electron chi connectivity index (χ4n) is 2.54. The molecule has 1 saturated carbocycles. The summed E-state index contributed by atoms with van der Waals surface area (Å²) in [6, 6.07) is 2.15. The third-order valence-corrected chi connectivity index (χ3v) is 3.99. The molecule has 0 bridgehead atoms. The number of rotatable bonds is 4. The van der Waals surface area contributed by atoms with Crippen LogP contribution in [0, 0.1) is 0 Å². The van der Waals surface area contributed by atoms with Gasteiger partial charge in [-0.1, -0.05) is 0 Å². The lowest BCUT2D eigenvalue weighted by Gasteiger charge is -2.19. The first-order valence-corrected chi connectivity index (χ1v) is 8.42. The van der Waals surface area contributed by atoms with Crippen LogP contribution in [0.4, 0.5) is 4.79 Å². The number of halogens is 1. The van der Waals surface area contributed by atoms with Crippen LogP contribution in [-0.2, 0) is 17.2 Å². The van der Waals surface area contributed by atoms with Gasteiger partial charge in [-0.3, -0.25) is 0 Å². The Labute approximate surface area is 141 Å². The first-order chi connectivity index (χ1) is 10.9. The number of carbonyl (C=O) groups is 1. The molecule has 23 heavy (non-hydrogen) atoms. The van der Waals surface area contributed by atoms with Crippen molar-refractivity contribution < 1.29 is 9.53 Å². The molecule has 1 aliphatic carbocycles. The van der Waals surface area contributed by atoms with Crippen molar-refractivity contribution >= 4 is 23.3 Å². The second-order valence-electron chi connectivity index (χ2n) is 7.03. The summed E-state index contributed by atoms with van der Waals surface area (Å²) in [5.41, 5.74) is 3.48. The molecule has 124 valence electrons. The van der Waals surface area contributed by atoms with Crippen LogP contribution >= 0.6 is 11.6 Å². The third kappa shape index (κ3) is 3.96. The van der Waals surface area contributed by atoms with E-state index in [0.29, 0.717) is 18.3 Å². The number of aromatic nitrogens is 2. The summed E-state index contributed by atoms with van der Waals surface area (Å²) in [4.78, 5) is 16.3. The van der Waals surface area contributed by atoms with Gasteiger partial charge in [0.2, 0.25) is 0 Å². The Morgan fingerprint density at radius 1 is 1.43 bits per heavy atom. The van der Waals surface area contributed by atoms with E-state index in [9.17, 15) is 4.79 Å². The maximum atomic E-state index is 11.7. The standard InChI is InChI=1S/C17H22ClN3O2/c1-17(2,3)23-16(22)19-8-14-10-21-9-13(11-4-5-11)6-12(7-18)15(21)20-14/h6,9-11H,4-5,7-8H2,1-3H3,(H,19,22). The second-order valence-corrected chi connectivity index (χ2v) is 7.29. The van der Waals surface area contributed by atoms with E-state index in [0.717, 1.165) is 16.9 Å². The molecule has 0 atom stereocenters. The van der Waals surface area contributed by atoms with Gasteiger partial charge in [0.05, 0.1) is 18.1 Å². The van der Waals surface area contributed by atoms with Crippen LogP contribution < -0.4 is 5.32 Å². The van der Waals surface area contributed by atoms with E-state index in [2.05, 4.69) is 22.6 Å². The molecule has 1 fully saturated rings. The van der Waals surface area contributed by atoms with E-state index in [1.165, 1.54) is 18.4 Å². The van der Waals surface area contributed by atoms with Crippen molar-refractivity contribution in [3.8, 4) is 0 Å². The number of ether oxygens (including phenoxy) is 1. The summed E-state index contributed by atoms with van der Waals surface area (Å²) < 4.78 is 7.24. The number of hydrogen-bond acceptors (Lipinski definition) is 3. The van der Waals surface area contributed by atoms with Crippen molar-refractivity contribution in [2.24, 2.45) is 0 Å². The lowest BCUT2D eigenvalue weighted by atomic mass is 10.1. The maximum Gasteiger partial charge on any atom is 0.407 e. The van der Waals surface area contributed by atoms with Crippen molar-refractivity contribution in [1.29, 1.82) is 0 Å². The number of nitrogens with zero attached hydrogens (tertiary/aromatic N) is 2. The van der Waals surface area contributed by atoms with E-state index < -0.39 is 11.7 Å². The average Bonchev–Trinajstić information content (AvgIpc) is 3.22. The van der Waals surface area contributed by atoms with E-state index in [1.54, 1.807) is 0 Å². The molecular weight excluding hydrogens is 314 g/mol. The molecule has 6 heteroatoms. The number of alkyl halides is 1. The van der Waals surface area contributed by atoms with Crippen LogP contribution in [0.15, 0.2) is 18.5 Å². The molecule has 5 nitrogen and oxygen atoms in total. The van der Waals surface area contributed by atoms with E-state index in [-0.39, 0.29) is 0 Å². The zero-order valence-corrected chi connectivity index (χ0v) is 14.5. The summed E-state index contributed by atoms with van der Waals surface area (Å²) >= 11 is 6.07. The van der Waals surface area contributed by atoms with Crippen molar-refractivity contribution in [2.75, 3.05) is 0 Å². The first-order valence-electron chi connectivity index (χ1n) is 7.89. The highest BCUT2D eigenvalue weighted by atomic mass is 35.5. The Morgan fingerprint density at radius 2 is 2.17 bits per heavy atom. The van der Waals surface area contributed by atoms with E-state index >= 15 is 0 Å². The number of fused-ring (bicyclic) bond motifs is 1. The van der Waals surface area contributed by atoms with Gasteiger partial charge in [-0.15, -0.1) is 11.6 Å². The minimum atomic E-state index is -0.506. The number of nitrogens with one attached hydrogen (secondary N) is 1. The van der Waals surface area contributed by atoms with Gasteiger partial charge in [0, 0.05) is 18.0 Å². The molecule has 0 unspecified atom stereocenters. The van der Waals surface area contributed by atoms with Crippen molar-refractivity contribution in [1.82, 2.24) is 14.7 Å². The van der Waals surface area contributed by atoms with Gasteiger partial charge < -0.3 is 14.5 Å². The van der Waals surface area contributed by atoms with Crippen LogP contribution in [-0.4, -0.2) is 21.1 Å². The van der Waals surface area contributed by atoms with E-state index in [1.807, 2.05) is 31.4 Å². The molecule has 3 rings (SSSR count). The quantitative estimate of drug-likeness (QED) is 0.860. The molecule has 1 aliphatic rings. The first kappa shape index (κ1) is 16.1. The largest absolute Gasteiger partial charge is 0.444 e. The van der Waals surface area contributed by atoms with Crippen LogP contribution in [0.1, 0.15) is 56.4 Å². The molecular formula is C17H22ClN3O2. The molecule has 1 amide bonds. The summed E-state index contributed by atoms with van der Waals surface area (Å²) in [5, 5.41) is 2.73. The Hall–Kier alpha value is -1.75. The zero-order valence-electron chi connectivity index (χ0n) is 13.7. The predicted molar refractivity (Wildman–Crippen MR) is 89.8 cm³/mol. The average molecular weight is 336 g/mol. The number of carbonyl (C=O) groups excluding carboxylic acids is 1. The van der Waals surface area contributed by atoms with Crippen LogP contribution in [0.5, 0.6) is 0 Å². The number of hydrogen-bond donors (Lipinski definition) is 1. The minimum absolute atomic E-state index is 0.330. The van der Waals surface area contributed by atoms with Crippen molar-refractivity contribution in [2.45, 2.75) is 57.6 Å². The molecule has 2 heterocycles. The molecule has 0 saturated heterocycles. The Kier molecular flexibility index (Phi) is 4.23. The predicted octanol–water partition coefficient (Wildman–Crippen LogP) is 3.98. The molecule has 0 spiro atoms. The number of imidazole rings is 1. The second kappa shape index (κ2) is 6.04. The fourth-order valence-corrected chi connectivity index (χ4v) is 2.74. The summed E-state index contributed by atoms with van der Waals surface area (Å²) in [6.07, 6.45) is 6.11. The van der Waals surface area contributed by atoms with Gasteiger partial charge in [-0.05, 0) is 51.2 Å². The lowest BCUT2D eigenvalue weighted by Crippen LogP contribution is -2.32. The van der Waals surface area contributed by atoms with Gasteiger partial charge in [0.25, 0.3) is 0 Å². The number of amides is 1.